The summed E-state index contributed by atoms with van der Waals surface area (Å²) in [5, 5.41) is 8.39. The number of nitrogens with one attached hydrogen (secondary N) is 3. The summed E-state index contributed by atoms with van der Waals surface area (Å²) in [6.45, 7) is 0. The molecule has 0 atom stereocenters. The van der Waals surface area contributed by atoms with E-state index in [9.17, 15) is 9.59 Å². The average Bonchev–Trinajstić information content (AvgIpc) is 2.63. The van der Waals surface area contributed by atoms with Gasteiger partial charge in [-0.25, -0.2) is 4.79 Å². The summed E-state index contributed by atoms with van der Waals surface area (Å²) in [4.78, 5) is 24.6. The van der Waals surface area contributed by atoms with Crippen LogP contribution in [0.1, 0.15) is 32.1 Å². The standard InChI is InChI=1S/C20H24N4O2.ClH/c21-20(12-5-2-6-13-20)18(25)22-16-10-7-11-17(14-16)24-19(26)23-15-8-3-1-4-9-15;/h1,3-4,7-11,14H,2,5-6,12-13,21H2,(H,22,25)(H2,23,24,26);1H. The molecule has 1 aliphatic rings. The van der Waals surface area contributed by atoms with E-state index in [1.165, 1.54) is 0 Å². The van der Waals surface area contributed by atoms with Crippen molar-refractivity contribution in [3.63, 3.8) is 0 Å². The quantitative estimate of drug-likeness (QED) is 0.626. The lowest BCUT2D eigenvalue weighted by Gasteiger charge is -2.31. The van der Waals surface area contributed by atoms with Crippen LogP contribution in [0.4, 0.5) is 21.9 Å². The molecule has 3 rings (SSSR count). The second-order valence-corrected chi connectivity index (χ2v) is 6.70. The van der Waals surface area contributed by atoms with Crippen LogP contribution in [-0.2, 0) is 4.79 Å². The molecule has 0 aromatic heterocycles. The third-order valence-corrected chi connectivity index (χ3v) is 4.61. The Morgan fingerprint density at radius 1 is 0.778 bits per heavy atom. The normalized spacial score (nSPS) is 15.1. The highest BCUT2D eigenvalue weighted by molar-refractivity contribution is 6.01. The van der Waals surface area contributed by atoms with Crippen LogP contribution in [0.5, 0.6) is 0 Å². The molecule has 1 aliphatic carbocycles. The minimum atomic E-state index is -0.799. The number of nitrogens with two attached hydrogens (primary N) is 1. The zero-order valence-electron chi connectivity index (χ0n) is 15.0. The van der Waals surface area contributed by atoms with Gasteiger partial charge in [0.1, 0.15) is 0 Å². The molecule has 3 amide bonds. The summed E-state index contributed by atoms with van der Waals surface area (Å²) in [6, 6.07) is 15.9. The highest BCUT2D eigenvalue weighted by atomic mass is 35.5. The SMILES string of the molecule is Cl.NC1(C(=O)Nc2cccc(NC(=O)Nc3ccccc3)c2)CCCCC1. The van der Waals surface area contributed by atoms with Crippen LogP contribution in [0.3, 0.4) is 0 Å². The number of hydrogen-bond acceptors (Lipinski definition) is 3. The molecule has 5 N–H and O–H groups in total. The van der Waals surface area contributed by atoms with Gasteiger partial charge in [-0.1, -0.05) is 43.5 Å². The molecule has 6 nitrogen and oxygen atoms in total. The fraction of sp³-hybridized carbons (Fsp3) is 0.300. The summed E-state index contributed by atoms with van der Waals surface area (Å²) >= 11 is 0. The first kappa shape index (κ1) is 20.7. The molecule has 144 valence electrons. The zero-order valence-corrected chi connectivity index (χ0v) is 15.9. The molecule has 0 saturated heterocycles. The van der Waals surface area contributed by atoms with Crippen molar-refractivity contribution >= 4 is 41.4 Å². The Balaban J connectivity index is 0.00000261. The van der Waals surface area contributed by atoms with Crippen molar-refractivity contribution in [2.24, 2.45) is 5.73 Å². The Hall–Kier alpha value is -2.57. The highest BCUT2D eigenvalue weighted by Crippen LogP contribution is 2.27. The van der Waals surface area contributed by atoms with E-state index < -0.39 is 5.54 Å². The van der Waals surface area contributed by atoms with Gasteiger partial charge in [0.25, 0.3) is 0 Å². The van der Waals surface area contributed by atoms with E-state index in [0.29, 0.717) is 29.9 Å². The summed E-state index contributed by atoms with van der Waals surface area (Å²) in [5.41, 5.74) is 7.37. The molecular formula is C20H25ClN4O2. The maximum Gasteiger partial charge on any atom is 0.323 e. The van der Waals surface area contributed by atoms with Gasteiger partial charge in [0.2, 0.25) is 5.91 Å². The minimum Gasteiger partial charge on any atom is -0.324 e. The first-order chi connectivity index (χ1) is 12.5. The molecule has 2 aromatic rings. The third kappa shape index (κ3) is 5.70. The van der Waals surface area contributed by atoms with Crippen LogP contribution >= 0.6 is 12.4 Å². The number of anilines is 3. The summed E-state index contributed by atoms with van der Waals surface area (Å²) in [6.07, 6.45) is 4.49. The van der Waals surface area contributed by atoms with Crippen molar-refractivity contribution in [2.45, 2.75) is 37.6 Å². The summed E-state index contributed by atoms with van der Waals surface area (Å²) < 4.78 is 0. The van der Waals surface area contributed by atoms with Crippen molar-refractivity contribution in [3.05, 3.63) is 54.6 Å². The molecule has 27 heavy (non-hydrogen) atoms. The van der Waals surface area contributed by atoms with E-state index in [2.05, 4.69) is 16.0 Å². The van der Waals surface area contributed by atoms with Gasteiger partial charge in [-0.3, -0.25) is 4.79 Å². The number of carbonyl (C=O) groups excluding carboxylic acids is 2. The molecule has 2 aromatic carbocycles. The van der Waals surface area contributed by atoms with Crippen molar-refractivity contribution < 1.29 is 9.59 Å². The van der Waals surface area contributed by atoms with Gasteiger partial charge in [-0.2, -0.15) is 0 Å². The second-order valence-electron chi connectivity index (χ2n) is 6.70. The van der Waals surface area contributed by atoms with Crippen molar-refractivity contribution in [1.29, 1.82) is 0 Å². The van der Waals surface area contributed by atoms with E-state index in [1.807, 2.05) is 18.2 Å². The summed E-state index contributed by atoms with van der Waals surface area (Å²) in [5.74, 6) is -0.164. The van der Waals surface area contributed by atoms with Crippen LogP contribution in [0.25, 0.3) is 0 Å². The lowest BCUT2D eigenvalue weighted by Crippen LogP contribution is -2.52. The number of carbonyl (C=O) groups is 2. The molecule has 7 heteroatoms. The largest absolute Gasteiger partial charge is 0.324 e. The number of urea groups is 1. The Kier molecular flexibility index (Phi) is 7.21. The highest BCUT2D eigenvalue weighted by Gasteiger charge is 2.35. The first-order valence-electron chi connectivity index (χ1n) is 8.89. The first-order valence-corrected chi connectivity index (χ1v) is 8.89. The smallest absolute Gasteiger partial charge is 0.323 e. The Labute approximate surface area is 165 Å². The molecule has 1 saturated carbocycles. The van der Waals surface area contributed by atoms with Gasteiger partial charge in [-0.05, 0) is 43.2 Å². The monoisotopic (exact) mass is 388 g/mol. The predicted octanol–water partition coefficient (Wildman–Crippen LogP) is 4.35. The number of halogens is 1. The maximum absolute atomic E-state index is 12.5. The Bertz CT molecular complexity index is 777. The lowest BCUT2D eigenvalue weighted by molar-refractivity contribution is -0.122. The average molecular weight is 389 g/mol. The number of hydrogen-bond donors (Lipinski definition) is 4. The van der Waals surface area contributed by atoms with Gasteiger partial charge < -0.3 is 21.7 Å². The van der Waals surface area contributed by atoms with Crippen LogP contribution < -0.4 is 21.7 Å². The van der Waals surface area contributed by atoms with Crippen molar-refractivity contribution in [3.8, 4) is 0 Å². The van der Waals surface area contributed by atoms with Crippen LogP contribution in [-0.4, -0.2) is 17.5 Å². The Morgan fingerprint density at radius 3 is 2.00 bits per heavy atom. The molecule has 0 unspecified atom stereocenters. The van der Waals surface area contributed by atoms with Gasteiger partial charge in [0, 0.05) is 17.1 Å². The predicted molar refractivity (Wildman–Crippen MR) is 111 cm³/mol. The van der Waals surface area contributed by atoms with E-state index in [0.717, 1.165) is 19.3 Å². The zero-order chi connectivity index (χ0) is 18.4. The Morgan fingerprint density at radius 2 is 1.33 bits per heavy atom. The minimum absolute atomic E-state index is 0. The van der Waals surface area contributed by atoms with Crippen molar-refractivity contribution in [1.82, 2.24) is 0 Å². The van der Waals surface area contributed by atoms with Crippen LogP contribution in [0, 0.1) is 0 Å². The van der Waals surface area contributed by atoms with Crippen LogP contribution in [0.15, 0.2) is 54.6 Å². The number of amides is 3. The van der Waals surface area contributed by atoms with Crippen molar-refractivity contribution in [2.75, 3.05) is 16.0 Å². The fourth-order valence-corrected chi connectivity index (χ4v) is 3.15. The fourth-order valence-electron chi connectivity index (χ4n) is 3.15. The number of para-hydroxylation sites is 1. The molecule has 0 bridgehead atoms. The van der Waals surface area contributed by atoms with E-state index in [4.69, 9.17) is 5.73 Å². The molecule has 0 radical (unpaired) electrons. The van der Waals surface area contributed by atoms with Gasteiger partial charge in [0.05, 0.1) is 5.54 Å². The maximum atomic E-state index is 12.5. The van der Waals surface area contributed by atoms with E-state index >= 15 is 0 Å². The van der Waals surface area contributed by atoms with Gasteiger partial charge >= 0.3 is 6.03 Å². The second kappa shape index (κ2) is 9.39. The van der Waals surface area contributed by atoms with E-state index in [1.54, 1.807) is 36.4 Å². The molecule has 0 aliphatic heterocycles. The van der Waals surface area contributed by atoms with E-state index in [-0.39, 0.29) is 24.3 Å². The van der Waals surface area contributed by atoms with Gasteiger partial charge in [0.15, 0.2) is 0 Å². The number of rotatable bonds is 4. The number of benzene rings is 2. The molecular weight excluding hydrogens is 364 g/mol. The van der Waals surface area contributed by atoms with Gasteiger partial charge in [-0.15, -0.1) is 12.4 Å². The molecule has 0 spiro atoms. The lowest BCUT2D eigenvalue weighted by atomic mass is 9.82. The third-order valence-electron chi connectivity index (χ3n) is 4.61. The molecule has 1 fully saturated rings. The topological polar surface area (TPSA) is 96.2 Å². The van der Waals surface area contributed by atoms with Crippen LogP contribution in [0.2, 0.25) is 0 Å². The summed E-state index contributed by atoms with van der Waals surface area (Å²) in [7, 11) is 0. The molecule has 0 heterocycles.